The van der Waals surface area contributed by atoms with Crippen molar-refractivity contribution in [3.05, 3.63) is 12.3 Å². The Morgan fingerprint density at radius 1 is 1.50 bits per heavy atom. The maximum absolute atomic E-state index is 6.21. The summed E-state index contributed by atoms with van der Waals surface area (Å²) in [5.74, 6) is 0.862. The highest BCUT2D eigenvalue weighted by Gasteiger charge is 2.27. The van der Waals surface area contributed by atoms with Crippen LogP contribution in [0, 0.1) is 5.41 Å². The molecule has 4 heteroatoms. The number of rotatable bonds is 0. The molecule has 0 radical (unpaired) electrons. The Labute approximate surface area is 88.8 Å². The quantitative estimate of drug-likeness (QED) is 0.607. The summed E-state index contributed by atoms with van der Waals surface area (Å²) < 4.78 is 1.76. The molecule has 1 aromatic heterocycles. The number of fused-ring (bicyclic) bond motifs is 1. The molecule has 2 rings (SSSR count). The Kier molecular flexibility index (Phi) is 2.14. The fourth-order valence-electron chi connectivity index (χ4n) is 1.52. The van der Waals surface area contributed by atoms with Gasteiger partial charge in [0.2, 0.25) is 0 Å². The van der Waals surface area contributed by atoms with Crippen molar-refractivity contribution in [2.24, 2.45) is 10.4 Å². The molecule has 3 nitrogen and oxygen atoms in total. The zero-order valence-corrected chi connectivity index (χ0v) is 9.41. The molecule has 0 bridgehead atoms. The van der Waals surface area contributed by atoms with Gasteiger partial charge >= 0.3 is 0 Å². The highest BCUT2D eigenvalue weighted by atomic mass is 35.5. The molecule has 0 aliphatic carbocycles. The second-order valence-corrected chi connectivity index (χ2v) is 5.08. The summed E-state index contributed by atoms with van der Waals surface area (Å²) in [5.41, 5.74) is 1.14. The van der Waals surface area contributed by atoms with Gasteiger partial charge < -0.3 is 0 Å². The van der Waals surface area contributed by atoms with Crippen molar-refractivity contribution in [1.29, 1.82) is 0 Å². The van der Waals surface area contributed by atoms with Crippen molar-refractivity contribution in [2.45, 2.75) is 32.7 Å². The smallest absolute Gasteiger partial charge is 0.151 e. The third kappa shape index (κ3) is 1.57. The average molecular weight is 212 g/mol. The molecule has 1 aromatic rings. The van der Waals surface area contributed by atoms with Gasteiger partial charge in [0.25, 0.3) is 0 Å². The van der Waals surface area contributed by atoms with Gasteiger partial charge in [0, 0.05) is 23.6 Å². The predicted octanol–water partition coefficient (Wildman–Crippen LogP) is 3.14. The van der Waals surface area contributed by atoms with Crippen molar-refractivity contribution in [1.82, 2.24) is 9.78 Å². The van der Waals surface area contributed by atoms with E-state index in [9.17, 15) is 0 Å². The van der Waals surface area contributed by atoms with Crippen molar-refractivity contribution >= 4 is 23.1 Å². The van der Waals surface area contributed by atoms with E-state index in [1.54, 1.807) is 10.9 Å². The van der Waals surface area contributed by atoms with Gasteiger partial charge in [0.05, 0.1) is 6.20 Å². The Balaban J connectivity index is 2.43. The highest BCUT2D eigenvalue weighted by molar-refractivity contribution is 6.21. The van der Waals surface area contributed by atoms with Gasteiger partial charge in [-0.3, -0.25) is 0 Å². The summed E-state index contributed by atoms with van der Waals surface area (Å²) in [6, 6.07) is 1.89. The van der Waals surface area contributed by atoms with Crippen LogP contribution >= 0.6 is 11.6 Å². The van der Waals surface area contributed by atoms with Crippen LogP contribution in [0.1, 0.15) is 32.7 Å². The topological polar surface area (TPSA) is 30.2 Å². The zero-order valence-electron chi connectivity index (χ0n) is 8.66. The Hall–Kier alpha value is -0.830. The van der Waals surface area contributed by atoms with Crippen LogP contribution in [0.25, 0.3) is 0 Å². The molecule has 1 aliphatic rings. The zero-order chi connectivity index (χ0) is 10.3. The summed E-state index contributed by atoms with van der Waals surface area (Å²) in [7, 11) is 0. The van der Waals surface area contributed by atoms with E-state index < -0.39 is 0 Å². The third-order valence-corrected chi connectivity index (χ3v) is 2.73. The minimum Gasteiger partial charge on any atom is -0.238 e. The van der Waals surface area contributed by atoms with E-state index in [1.807, 2.05) is 6.07 Å². The standard InChI is InChI=1S/C10H14ClN3/c1-10(2,3)7-6-8(11)14-9(13-7)4-5-12-14/h4-5,8H,6H2,1-3H3. The van der Waals surface area contributed by atoms with Crippen LogP contribution in [0.15, 0.2) is 17.3 Å². The Morgan fingerprint density at radius 2 is 2.21 bits per heavy atom. The van der Waals surface area contributed by atoms with Gasteiger partial charge in [-0.1, -0.05) is 32.4 Å². The first-order valence-electron chi connectivity index (χ1n) is 4.74. The molecule has 0 aromatic carbocycles. The molecule has 2 heterocycles. The molecule has 14 heavy (non-hydrogen) atoms. The van der Waals surface area contributed by atoms with Gasteiger partial charge in [0.1, 0.15) is 5.50 Å². The molecular weight excluding hydrogens is 198 g/mol. The molecule has 0 saturated heterocycles. The fourth-order valence-corrected chi connectivity index (χ4v) is 1.81. The van der Waals surface area contributed by atoms with E-state index in [1.165, 1.54) is 0 Å². The summed E-state index contributed by atoms with van der Waals surface area (Å²) >= 11 is 6.21. The van der Waals surface area contributed by atoms with Crippen molar-refractivity contribution < 1.29 is 0 Å². The predicted molar refractivity (Wildman–Crippen MR) is 58.3 cm³/mol. The first kappa shape index (κ1) is 9.71. The number of halogens is 1. The normalized spacial score (nSPS) is 21.7. The van der Waals surface area contributed by atoms with Crippen LogP contribution in [-0.4, -0.2) is 15.5 Å². The Bertz CT molecular complexity index is 373. The molecule has 1 atom stereocenters. The summed E-state index contributed by atoms with van der Waals surface area (Å²) in [5, 5.41) is 4.13. The van der Waals surface area contributed by atoms with E-state index in [0.717, 1.165) is 18.0 Å². The molecular formula is C10H14ClN3. The average Bonchev–Trinajstić information content (AvgIpc) is 2.50. The van der Waals surface area contributed by atoms with Gasteiger partial charge in [-0.05, 0) is 0 Å². The number of hydrogen-bond donors (Lipinski definition) is 0. The van der Waals surface area contributed by atoms with Crippen LogP contribution < -0.4 is 0 Å². The molecule has 0 spiro atoms. The summed E-state index contributed by atoms with van der Waals surface area (Å²) in [6.45, 7) is 6.46. The maximum atomic E-state index is 6.21. The van der Waals surface area contributed by atoms with Crippen LogP contribution in [-0.2, 0) is 0 Å². The minimum atomic E-state index is -0.0910. The number of nitrogens with zero attached hydrogens (tertiary/aromatic N) is 3. The SMILES string of the molecule is CC(C)(C)C1=Nc2ccnn2C(Cl)C1. The lowest BCUT2D eigenvalue weighted by atomic mass is 9.87. The summed E-state index contributed by atoms with van der Waals surface area (Å²) in [6.07, 6.45) is 2.51. The Morgan fingerprint density at radius 3 is 2.86 bits per heavy atom. The van der Waals surface area contributed by atoms with Gasteiger partial charge in [-0.25, -0.2) is 9.67 Å². The van der Waals surface area contributed by atoms with Crippen molar-refractivity contribution in [3.63, 3.8) is 0 Å². The molecule has 76 valence electrons. The lowest BCUT2D eigenvalue weighted by molar-refractivity contribution is 0.528. The molecule has 1 unspecified atom stereocenters. The van der Waals surface area contributed by atoms with E-state index in [-0.39, 0.29) is 10.9 Å². The number of hydrogen-bond acceptors (Lipinski definition) is 2. The molecule has 0 saturated carbocycles. The lowest BCUT2D eigenvalue weighted by Gasteiger charge is -2.27. The van der Waals surface area contributed by atoms with E-state index >= 15 is 0 Å². The first-order chi connectivity index (χ1) is 6.48. The third-order valence-electron chi connectivity index (χ3n) is 2.39. The van der Waals surface area contributed by atoms with Crippen LogP contribution in [0.5, 0.6) is 0 Å². The highest BCUT2D eigenvalue weighted by Crippen LogP contribution is 2.34. The minimum absolute atomic E-state index is 0.0860. The van der Waals surface area contributed by atoms with Gasteiger partial charge in [0.15, 0.2) is 5.82 Å². The largest absolute Gasteiger partial charge is 0.238 e. The maximum Gasteiger partial charge on any atom is 0.151 e. The van der Waals surface area contributed by atoms with Gasteiger partial charge in [-0.2, -0.15) is 5.10 Å². The second-order valence-electron chi connectivity index (χ2n) is 4.58. The molecule has 0 N–H and O–H groups in total. The van der Waals surface area contributed by atoms with E-state index in [2.05, 4.69) is 30.9 Å². The monoisotopic (exact) mass is 211 g/mol. The van der Waals surface area contributed by atoms with Crippen LogP contribution in [0.4, 0.5) is 5.82 Å². The summed E-state index contributed by atoms with van der Waals surface area (Å²) in [4.78, 5) is 4.56. The van der Waals surface area contributed by atoms with Gasteiger partial charge in [-0.15, -0.1) is 0 Å². The number of aromatic nitrogens is 2. The molecule has 0 amide bonds. The van der Waals surface area contributed by atoms with Crippen molar-refractivity contribution in [2.75, 3.05) is 0 Å². The van der Waals surface area contributed by atoms with Crippen molar-refractivity contribution in [3.8, 4) is 0 Å². The number of aliphatic imine (C=N–C) groups is 1. The number of alkyl halides is 1. The van der Waals surface area contributed by atoms with Crippen LogP contribution in [0.3, 0.4) is 0 Å². The second kappa shape index (κ2) is 3.09. The molecule has 1 aliphatic heterocycles. The first-order valence-corrected chi connectivity index (χ1v) is 5.18. The van der Waals surface area contributed by atoms with E-state index in [4.69, 9.17) is 11.6 Å². The van der Waals surface area contributed by atoms with Crippen LogP contribution in [0.2, 0.25) is 0 Å². The van der Waals surface area contributed by atoms with E-state index in [0.29, 0.717) is 0 Å². The molecule has 0 fully saturated rings. The fraction of sp³-hybridized carbons (Fsp3) is 0.600. The lowest BCUT2D eigenvalue weighted by Crippen LogP contribution is -2.26.